The number of hydrogen-bond acceptors (Lipinski definition) is 5. The van der Waals surface area contributed by atoms with Crippen LogP contribution in [0.25, 0.3) is 17.0 Å². The summed E-state index contributed by atoms with van der Waals surface area (Å²) in [5.41, 5.74) is 2.68. The molecule has 4 heterocycles. The second-order valence-electron chi connectivity index (χ2n) is 5.20. The SMILES string of the molecule is c1ccn2c(-c3cncc(NC4CCNC4)n3)cnc2c1. The molecule has 1 aliphatic rings. The molecular weight excluding hydrogens is 264 g/mol. The van der Waals surface area contributed by atoms with E-state index >= 15 is 0 Å². The van der Waals surface area contributed by atoms with Gasteiger partial charge in [0, 0.05) is 18.8 Å². The lowest BCUT2D eigenvalue weighted by Crippen LogP contribution is -2.22. The molecule has 6 nitrogen and oxygen atoms in total. The number of rotatable bonds is 3. The van der Waals surface area contributed by atoms with Crippen molar-refractivity contribution in [3.63, 3.8) is 0 Å². The lowest BCUT2D eigenvalue weighted by atomic mass is 10.2. The fraction of sp³-hybridized carbons (Fsp3) is 0.267. The first-order valence-electron chi connectivity index (χ1n) is 7.12. The fourth-order valence-electron chi connectivity index (χ4n) is 2.67. The molecule has 0 aromatic carbocycles. The van der Waals surface area contributed by atoms with Crippen LogP contribution in [0.5, 0.6) is 0 Å². The third-order valence-electron chi connectivity index (χ3n) is 3.73. The van der Waals surface area contributed by atoms with Crippen LogP contribution in [-0.2, 0) is 0 Å². The highest BCUT2D eigenvalue weighted by Crippen LogP contribution is 2.19. The predicted octanol–water partition coefficient (Wildman–Crippen LogP) is 1.57. The van der Waals surface area contributed by atoms with Gasteiger partial charge in [0.1, 0.15) is 17.2 Å². The summed E-state index contributed by atoms with van der Waals surface area (Å²) in [6, 6.07) is 6.36. The summed E-state index contributed by atoms with van der Waals surface area (Å²) in [6.07, 6.45) is 8.47. The Balaban J connectivity index is 1.68. The normalized spacial score (nSPS) is 18.2. The summed E-state index contributed by atoms with van der Waals surface area (Å²) in [6.45, 7) is 2.03. The standard InChI is InChI=1S/C15H16N6/c1-2-6-21-13(9-18-15(21)3-1)12-8-17-10-14(20-12)19-11-4-5-16-7-11/h1-3,6,8-11,16H,4-5,7H2,(H,19,20). The molecule has 1 aliphatic heterocycles. The first-order chi connectivity index (χ1) is 10.4. The average molecular weight is 280 g/mol. The molecule has 1 saturated heterocycles. The Morgan fingerprint density at radius 2 is 2.24 bits per heavy atom. The van der Waals surface area contributed by atoms with Crippen molar-refractivity contribution in [1.29, 1.82) is 0 Å². The topological polar surface area (TPSA) is 67.1 Å². The molecule has 0 spiro atoms. The first kappa shape index (κ1) is 12.3. The third kappa shape index (κ3) is 2.34. The third-order valence-corrected chi connectivity index (χ3v) is 3.73. The summed E-state index contributed by atoms with van der Waals surface area (Å²) in [4.78, 5) is 13.4. The zero-order valence-electron chi connectivity index (χ0n) is 11.5. The van der Waals surface area contributed by atoms with Crippen LogP contribution < -0.4 is 10.6 Å². The van der Waals surface area contributed by atoms with Gasteiger partial charge in [-0.25, -0.2) is 9.97 Å². The zero-order chi connectivity index (χ0) is 14.1. The number of nitrogens with one attached hydrogen (secondary N) is 2. The van der Waals surface area contributed by atoms with Gasteiger partial charge in [-0.15, -0.1) is 0 Å². The minimum absolute atomic E-state index is 0.428. The predicted molar refractivity (Wildman–Crippen MR) is 81.1 cm³/mol. The first-order valence-corrected chi connectivity index (χ1v) is 7.12. The average Bonchev–Trinajstić information content (AvgIpc) is 3.16. The summed E-state index contributed by atoms with van der Waals surface area (Å²) < 4.78 is 2.02. The Labute approximate surface area is 122 Å². The molecule has 21 heavy (non-hydrogen) atoms. The van der Waals surface area contributed by atoms with Crippen molar-refractivity contribution in [3.05, 3.63) is 43.0 Å². The Kier molecular flexibility index (Phi) is 3.01. The van der Waals surface area contributed by atoms with E-state index in [0.29, 0.717) is 6.04 Å². The Hall–Kier alpha value is -2.47. The minimum Gasteiger partial charge on any atom is -0.365 e. The van der Waals surface area contributed by atoms with Gasteiger partial charge in [-0.1, -0.05) is 6.07 Å². The molecule has 3 aromatic heterocycles. The molecule has 6 heteroatoms. The van der Waals surface area contributed by atoms with Crippen molar-refractivity contribution < 1.29 is 0 Å². The smallest absolute Gasteiger partial charge is 0.145 e. The molecular formula is C15H16N6. The zero-order valence-corrected chi connectivity index (χ0v) is 11.5. The van der Waals surface area contributed by atoms with Crippen LogP contribution in [0.3, 0.4) is 0 Å². The Morgan fingerprint density at radius 1 is 1.24 bits per heavy atom. The molecule has 0 bridgehead atoms. The van der Waals surface area contributed by atoms with E-state index in [-0.39, 0.29) is 0 Å². The highest BCUT2D eigenvalue weighted by molar-refractivity contribution is 5.60. The Bertz CT molecular complexity index is 759. The van der Waals surface area contributed by atoms with Crippen LogP contribution in [0.1, 0.15) is 6.42 Å². The van der Waals surface area contributed by atoms with Gasteiger partial charge in [0.2, 0.25) is 0 Å². The summed E-state index contributed by atoms with van der Waals surface area (Å²) >= 11 is 0. The van der Waals surface area contributed by atoms with E-state index in [1.54, 1.807) is 12.4 Å². The number of fused-ring (bicyclic) bond motifs is 1. The Morgan fingerprint density at radius 3 is 3.14 bits per heavy atom. The van der Waals surface area contributed by atoms with E-state index in [0.717, 1.165) is 42.4 Å². The van der Waals surface area contributed by atoms with E-state index in [4.69, 9.17) is 0 Å². The monoisotopic (exact) mass is 280 g/mol. The largest absolute Gasteiger partial charge is 0.365 e. The van der Waals surface area contributed by atoms with E-state index in [1.807, 2.05) is 35.0 Å². The van der Waals surface area contributed by atoms with E-state index in [2.05, 4.69) is 25.6 Å². The molecule has 3 aromatic rings. The van der Waals surface area contributed by atoms with Gasteiger partial charge < -0.3 is 10.6 Å². The van der Waals surface area contributed by atoms with E-state index in [9.17, 15) is 0 Å². The van der Waals surface area contributed by atoms with Crippen molar-refractivity contribution in [2.75, 3.05) is 18.4 Å². The minimum atomic E-state index is 0.428. The number of pyridine rings is 1. The lowest BCUT2D eigenvalue weighted by molar-refractivity contribution is 0.786. The van der Waals surface area contributed by atoms with Gasteiger partial charge in [-0.05, 0) is 25.1 Å². The summed E-state index contributed by atoms with van der Waals surface area (Å²) in [7, 11) is 0. The molecule has 1 fully saturated rings. The second kappa shape index (κ2) is 5.14. The van der Waals surface area contributed by atoms with Crippen molar-refractivity contribution in [3.8, 4) is 11.4 Å². The van der Waals surface area contributed by atoms with Crippen LogP contribution in [0.4, 0.5) is 5.82 Å². The van der Waals surface area contributed by atoms with Crippen LogP contribution in [0.2, 0.25) is 0 Å². The maximum absolute atomic E-state index is 4.67. The lowest BCUT2D eigenvalue weighted by Gasteiger charge is -2.12. The van der Waals surface area contributed by atoms with Gasteiger partial charge >= 0.3 is 0 Å². The van der Waals surface area contributed by atoms with Crippen molar-refractivity contribution in [2.45, 2.75) is 12.5 Å². The van der Waals surface area contributed by atoms with E-state index < -0.39 is 0 Å². The second-order valence-corrected chi connectivity index (χ2v) is 5.20. The fourth-order valence-corrected chi connectivity index (χ4v) is 2.67. The van der Waals surface area contributed by atoms with Gasteiger partial charge in [0.15, 0.2) is 0 Å². The maximum Gasteiger partial charge on any atom is 0.145 e. The molecule has 1 unspecified atom stereocenters. The number of nitrogens with zero attached hydrogens (tertiary/aromatic N) is 4. The van der Waals surface area contributed by atoms with Crippen LogP contribution in [0, 0.1) is 0 Å². The van der Waals surface area contributed by atoms with Gasteiger partial charge in [-0.3, -0.25) is 9.38 Å². The van der Waals surface area contributed by atoms with Crippen molar-refractivity contribution in [2.24, 2.45) is 0 Å². The molecule has 106 valence electrons. The number of hydrogen-bond donors (Lipinski definition) is 2. The maximum atomic E-state index is 4.67. The van der Waals surface area contributed by atoms with E-state index in [1.165, 1.54) is 0 Å². The van der Waals surface area contributed by atoms with Crippen molar-refractivity contribution in [1.82, 2.24) is 24.7 Å². The summed E-state index contributed by atoms with van der Waals surface area (Å²) in [5.74, 6) is 0.812. The number of aromatic nitrogens is 4. The highest BCUT2D eigenvalue weighted by Gasteiger charge is 2.15. The molecule has 4 rings (SSSR count). The number of imidazole rings is 1. The van der Waals surface area contributed by atoms with Crippen molar-refractivity contribution >= 4 is 11.5 Å². The molecule has 0 saturated carbocycles. The summed E-state index contributed by atoms with van der Waals surface area (Å²) in [5, 5.41) is 6.76. The molecule has 0 amide bonds. The van der Waals surface area contributed by atoms with Gasteiger partial charge in [-0.2, -0.15) is 0 Å². The molecule has 1 atom stereocenters. The number of anilines is 1. The van der Waals surface area contributed by atoms with Gasteiger partial charge in [0.25, 0.3) is 0 Å². The molecule has 0 radical (unpaired) electrons. The van der Waals surface area contributed by atoms with Crippen LogP contribution in [0.15, 0.2) is 43.0 Å². The quantitative estimate of drug-likeness (QED) is 0.762. The van der Waals surface area contributed by atoms with Crippen LogP contribution >= 0.6 is 0 Å². The highest BCUT2D eigenvalue weighted by atomic mass is 15.1. The van der Waals surface area contributed by atoms with Crippen LogP contribution in [-0.4, -0.2) is 38.5 Å². The molecule has 0 aliphatic carbocycles. The van der Waals surface area contributed by atoms with Gasteiger partial charge in [0.05, 0.1) is 24.3 Å². The molecule has 2 N–H and O–H groups in total.